The van der Waals surface area contributed by atoms with Crippen molar-refractivity contribution in [1.29, 1.82) is 0 Å². The summed E-state index contributed by atoms with van der Waals surface area (Å²) in [5.41, 5.74) is 6.68. The van der Waals surface area contributed by atoms with Gasteiger partial charge in [0.15, 0.2) is 11.5 Å². The summed E-state index contributed by atoms with van der Waals surface area (Å²) in [6, 6.07) is 16.7. The smallest absolute Gasteiger partial charge is 0.238 e. The predicted octanol–water partition coefficient (Wildman–Crippen LogP) is 7.46. The molecule has 7 heteroatoms. The summed E-state index contributed by atoms with van der Waals surface area (Å²) >= 11 is 6.37. The number of nitrogens with one attached hydrogen (secondary N) is 1. The first-order chi connectivity index (χ1) is 19.9. The summed E-state index contributed by atoms with van der Waals surface area (Å²) in [5, 5.41) is 3.96. The Balaban J connectivity index is 1.24. The molecule has 0 bridgehead atoms. The molecule has 216 valence electrons. The van der Waals surface area contributed by atoms with E-state index in [0.717, 1.165) is 66.5 Å². The Morgan fingerprint density at radius 3 is 2.37 bits per heavy atom. The topological polar surface area (TPSA) is 60.0 Å². The molecule has 0 unspecified atom stereocenters. The molecule has 0 aromatic heterocycles. The summed E-state index contributed by atoms with van der Waals surface area (Å²) in [5.74, 6) is 3.49. The van der Waals surface area contributed by atoms with Crippen LogP contribution in [0.5, 0.6) is 17.2 Å². The van der Waals surface area contributed by atoms with Crippen LogP contribution in [0.2, 0.25) is 5.02 Å². The summed E-state index contributed by atoms with van der Waals surface area (Å²) in [6.45, 7) is 8.45. The van der Waals surface area contributed by atoms with E-state index in [1.165, 1.54) is 29.5 Å². The molecule has 41 heavy (non-hydrogen) atoms. The second-order valence-corrected chi connectivity index (χ2v) is 12.1. The van der Waals surface area contributed by atoms with E-state index in [9.17, 15) is 4.79 Å². The van der Waals surface area contributed by atoms with Crippen LogP contribution in [-0.2, 0) is 17.6 Å². The first-order valence-electron chi connectivity index (χ1n) is 14.9. The highest BCUT2D eigenvalue weighted by molar-refractivity contribution is 6.30. The molecule has 1 saturated carbocycles. The van der Waals surface area contributed by atoms with Crippen LogP contribution in [0, 0.1) is 12.8 Å². The first kappa shape index (κ1) is 27.9. The fourth-order valence-electron chi connectivity index (χ4n) is 6.24. The van der Waals surface area contributed by atoms with Crippen molar-refractivity contribution >= 4 is 23.2 Å². The lowest BCUT2D eigenvalue weighted by Gasteiger charge is -2.25. The maximum Gasteiger partial charge on any atom is 0.238 e. The van der Waals surface area contributed by atoms with Crippen molar-refractivity contribution in [3.05, 3.63) is 81.4 Å². The van der Waals surface area contributed by atoms with Crippen molar-refractivity contribution in [3.63, 3.8) is 0 Å². The highest BCUT2D eigenvalue weighted by atomic mass is 35.5. The van der Waals surface area contributed by atoms with Crippen LogP contribution >= 0.6 is 11.6 Å². The Bertz CT molecular complexity index is 1390. The molecule has 3 aliphatic rings. The quantitative estimate of drug-likeness (QED) is 0.272. The van der Waals surface area contributed by atoms with Crippen LogP contribution in [0.4, 0.5) is 5.69 Å². The van der Waals surface area contributed by atoms with Gasteiger partial charge in [-0.2, -0.15) is 0 Å². The monoisotopic (exact) mass is 574 g/mol. The summed E-state index contributed by atoms with van der Waals surface area (Å²) in [4.78, 5) is 15.9. The van der Waals surface area contributed by atoms with E-state index in [2.05, 4.69) is 67.4 Å². The van der Waals surface area contributed by atoms with Gasteiger partial charge in [-0.05, 0) is 115 Å². The number of anilines is 1. The molecule has 0 spiro atoms. The average Bonchev–Trinajstić information content (AvgIpc) is 3.54. The van der Waals surface area contributed by atoms with E-state index >= 15 is 0 Å². The molecule has 2 fully saturated rings. The largest absolute Gasteiger partial charge is 0.493 e. The van der Waals surface area contributed by atoms with Crippen LogP contribution in [0.25, 0.3) is 0 Å². The van der Waals surface area contributed by atoms with Crippen molar-refractivity contribution in [2.45, 2.75) is 64.8 Å². The zero-order valence-electron chi connectivity index (χ0n) is 24.2. The van der Waals surface area contributed by atoms with E-state index in [1.807, 2.05) is 12.1 Å². The third-order valence-electron chi connectivity index (χ3n) is 8.69. The predicted molar refractivity (Wildman–Crippen MR) is 162 cm³/mol. The number of benzene rings is 3. The average molecular weight is 575 g/mol. The van der Waals surface area contributed by atoms with Crippen molar-refractivity contribution < 1.29 is 19.0 Å². The van der Waals surface area contributed by atoms with Gasteiger partial charge in [-0.1, -0.05) is 37.6 Å². The van der Waals surface area contributed by atoms with Gasteiger partial charge in [0.2, 0.25) is 12.7 Å². The summed E-state index contributed by atoms with van der Waals surface area (Å²) in [7, 11) is 0. The Morgan fingerprint density at radius 1 is 1.02 bits per heavy atom. The number of rotatable bonds is 10. The van der Waals surface area contributed by atoms with Gasteiger partial charge in [0.25, 0.3) is 0 Å². The maximum absolute atomic E-state index is 13.6. The number of amides is 1. The number of carbonyl (C=O) groups is 1. The zero-order chi connectivity index (χ0) is 28.5. The fourth-order valence-corrected chi connectivity index (χ4v) is 6.50. The van der Waals surface area contributed by atoms with Crippen LogP contribution in [0.15, 0.2) is 48.5 Å². The van der Waals surface area contributed by atoms with Crippen LogP contribution < -0.4 is 19.5 Å². The van der Waals surface area contributed by atoms with Crippen molar-refractivity contribution in [1.82, 2.24) is 4.90 Å². The number of nitrogens with zero attached hydrogens (tertiary/aromatic N) is 1. The van der Waals surface area contributed by atoms with Gasteiger partial charge in [-0.3, -0.25) is 9.69 Å². The van der Waals surface area contributed by atoms with Crippen LogP contribution in [0.3, 0.4) is 0 Å². The molecule has 3 aromatic rings. The number of aryl methyl sites for hydroxylation is 3. The fraction of sp³-hybridized carbons (Fsp3) is 0.441. The minimum Gasteiger partial charge on any atom is -0.493 e. The third-order valence-corrected chi connectivity index (χ3v) is 8.91. The Morgan fingerprint density at radius 2 is 1.71 bits per heavy atom. The number of hydrogen-bond acceptors (Lipinski definition) is 5. The second kappa shape index (κ2) is 11.9. The molecule has 1 aliphatic carbocycles. The number of halogens is 1. The summed E-state index contributed by atoms with van der Waals surface area (Å²) in [6.07, 6.45) is 5.06. The van der Waals surface area contributed by atoms with Crippen molar-refractivity contribution in [2.75, 3.05) is 31.8 Å². The molecule has 6 nitrogen and oxygen atoms in total. The van der Waals surface area contributed by atoms with Gasteiger partial charge in [0, 0.05) is 23.3 Å². The molecular formula is C34H39ClN2O4. The number of carbonyl (C=O) groups excluding carboxylic acids is 1. The summed E-state index contributed by atoms with van der Waals surface area (Å²) < 4.78 is 17.3. The number of likely N-dealkylation sites (tertiary alicyclic amines) is 1. The molecule has 1 amide bonds. The minimum atomic E-state index is -0.00540. The molecule has 2 aliphatic heterocycles. The highest BCUT2D eigenvalue weighted by Crippen LogP contribution is 2.45. The third kappa shape index (κ3) is 6.19. The maximum atomic E-state index is 13.6. The van der Waals surface area contributed by atoms with Gasteiger partial charge in [-0.25, -0.2) is 0 Å². The Hall–Kier alpha value is -3.22. The minimum absolute atomic E-state index is 0.00540. The van der Waals surface area contributed by atoms with Crippen LogP contribution in [0.1, 0.15) is 72.9 Å². The zero-order valence-corrected chi connectivity index (χ0v) is 24.9. The van der Waals surface area contributed by atoms with Gasteiger partial charge in [0.05, 0.1) is 13.2 Å². The second-order valence-electron chi connectivity index (χ2n) is 11.6. The van der Waals surface area contributed by atoms with Gasteiger partial charge in [0.1, 0.15) is 5.75 Å². The lowest BCUT2D eigenvalue weighted by molar-refractivity contribution is -0.117. The lowest BCUT2D eigenvalue weighted by atomic mass is 9.90. The molecule has 0 radical (unpaired) electrons. The van der Waals surface area contributed by atoms with E-state index in [0.29, 0.717) is 17.5 Å². The number of hydrogen-bond donors (Lipinski definition) is 1. The highest BCUT2D eigenvalue weighted by Gasteiger charge is 2.36. The molecule has 2 atom stereocenters. The standard InChI is InChI=1S/C34H39ClN2O4/c1-4-23-13-27(35)14-24(5-2)34(23)36-33(38)18-37-17-26(29-16-32-31(12-21(29)3)40-20-41-32)15-30(37)25-8-10-28(11-9-25)39-19-22-6-7-22/h8-14,16,22,26,30H,4-7,15,17-20H2,1-3H3,(H,36,38)/t26-,30-/m1/s1. The van der Waals surface area contributed by atoms with Crippen molar-refractivity contribution in [3.8, 4) is 17.2 Å². The number of fused-ring (bicyclic) bond motifs is 1. The SMILES string of the molecule is CCc1cc(Cl)cc(CC)c1NC(=O)CN1C[C@H](c2cc3c(cc2C)OCO3)C[C@@H]1c1ccc(OCC2CC2)cc1. The van der Waals surface area contributed by atoms with E-state index in [-0.39, 0.29) is 24.7 Å². The van der Waals surface area contributed by atoms with Gasteiger partial charge < -0.3 is 19.5 Å². The van der Waals surface area contributed by atoms with Gasteiger partial charge >= 0.3 is 0 Å². The van der Waals surface area contributed by atoms with Crippen LogP contribution in [-0.4, -0.2) is 37.3 Å². The Labute approximate surface area is 247 Å². The van der Waals surface area contributed by atoms with E-state index in [4.69, 9.17) is 25.8 Å². The van der Waals surface area contributed by atoms with E-state index < -0.39 is 0 Å². The molecule has 3 aromatic carbocycles. The molecule has 1 N–H and O–H groups in total. The van der Waals surface area contributed by atoms with Gasteiger partial charge in [-0.15, -0.1) is 0 Å². The Kier molecular flexibility index (Phi) is 8.14. The number of ether oxygens (including phenoxy) is 3. The normalized spacial score (nSPS) is 19.9. The molecule has 1 saturated heterocycles. The van der Waals surface area contributed by atoms with E-state index in [1.54, 1.807) is 0 Å². The molecule has 6 rings (SSSR count). The van der Waals surface area contributed by atoms with Crippen molar-refractivity contribution in [2.24, 2.45) is 5.92 Å². The molecule has 2 heterocycles. The molecular weight excluding hydrogens is 536 g/mol. The lowest BCUT2D eigenvalue weighted by Crippen LogP contribution is -2.33. The first-order valence-corrected chi connectivity index (χ1v) is 15.3.